The largest absolute Gasteiger partial charge is 0.333 e. The van der Waals surface area contributed by atoms with E-state index in [0.29, 0.717) is 0 Å². The van der Waals surface area contributed by atoms with Crippen molar-refractivity contribution in [1.82, 2.24) is 40.1 Å². The summed E-state index contributed by atoms with van der Waals surface area (Å²) in [4.78, 5) is 16.1. The molecule has 0 bridgehead atoms. The van der Waals surface area contributed by atoms with Crippen molar-refractivity contribution in [2.45, 2.75) is 40.9 Å². The molecule has 4 rings (SSSR count). The van der Waals surface area contributed by atoms with Crippen molar-refractivity contribution in [1.29, 1.82) is 0 Å². The second-order valence-corrected chi connectivity index (χ2v) is 10.9. The Kier molecular flexibility index (Phi) is 8.65. The molecule has 0 atom stereocenters. The zero-order valence-corrected chi connectivity index (χ0v) is 21.5. The first-order chi connectivity index (χ1) is 16.1. The number of hydrogen-bond acceptors (Lipinski definition) is 9. The molecule has 0 aliphatic heterocycles. The van der Waals surface area contributed by atoms with Crippen molar-refractivity contribution in [2.75, 3.05) is 32.1 Å². The quantitative estimate of drug-likeness (QED) is 0.225. The molecule has 4 aromatic rings. The number of nitrogens with one attached hydrogen (secondary N) is 1. The van der Waals surface area contributed by atoms with E-state index in [1.54, 1.807) is 23.5 Å². The highest BCUT2D eigenvalue weighted by Crippen LogP contribution is 2.29. The smallest absolute Gasteiger partial charge is 0.209 e. The zero-order valence-electron chi connectivity index (χ0n) is 19.1. The summed E-state index contributed by atoms with van der Waals surface area (Å²) >= 11 is 5.31. The number of aromatic amines is 1. The number of para-hydroxylation sites is 2. The van der Waals surface area contributed by atoms with E-state index >= 15 is 0 Å². The van der Waals surface area contributed by atoms with Crippen LogP contribution in [0.1, 0.15) is 17.7 Å². The number of likely N-dealkylation sites (N-methyl/N-ethyl adjacent to an activating group) is 1. The molecule has 0 saturated heterocycles. The lowest BCUT2D eigenvalue weighted by Gasteiger charge is -2.10. The third-order valence-corrected chi connectivity index (χ3v) is 8.18. The van der Waals surface area contributed by atoms with Crippen LogP contribution >= 0.6 is 35.3 Å². The lowest BCUT2D eigenvalue weighted by molar-refractivity contribution is 0.361. The fourth-order valence-electron chi connectivity index (χ4n) is 3.13. The van der Waals surface area contributed by atoms with Gasteiger partial charge in [0, 0.05) is 29.1 Å². The molecule has 174 valence electrons. The minimum absolute atomic E-state index is 0.797. The van der Waals surface area contributed by atoms with Gasteiger partial charge in [0.15, 0.2) is 5.16 Å². The molecule has 0 unspecified atom stereocenters. The van der Waals surface area contributed by atoms with Crippen LogP contribution < -0.4 is 0 Å². The first-order valence-electron chi connectivity index (χ1n) is 10.8. The van der Waals surface area contributed by atoms with Gasteiger partial charge in [0.05, 0.1) is 23.3 Å². The number of hydrogen-bond donors (Lipinski definition) is 1. The average molecular weight is 501 g/mol. The predicted octanol–water partition coefficient (Wildman–Crippen LogP) is 4.38. The number of nitrogens with zero attached hydrogens (tertiary/aromatic N) is 7. The summed E-state index contributed by atoms with van der Waals surface area (Å²) in [7, 11) is 4.11. The molecule has 1 N–H and O–H groups in total. The molecule has 0 radical (unpaired) electrons. The zero-order chi connectivity index (χ0) is 23.0. The van der Waals surface area contributed by atoms with E-state index in [1.165, 1.54) is 10.5 Å². The Bertz CT molecular complexity index is 1140. The first kappa shape index (κ1) is 24.1. The normalized spacial score (nSPS) is 11.6. The molecule has 11 heteroatoms. The summed E-state index contributed by atoms with van der Waals surface area (Å²) in [6, 6.07) is 10.2. The third-order valence-electron chi connectivity index (χ3n) is 5.01. The first-order valence-corrected chi connectivity index (χ1v) is 13.7. The Morgan fingerprint density at radius 2 is 1.91 bits per heavy atom. The lowest BCUT2D eigenvalue weighted by atomic mass is 10.2. The summed E-state index contributed by atoms with van der Waals surface area (Å²) in [6.07, 6.45) is 3.00. The van der Waals surface area contributed by atoms with Gasteiger partial charge in [-0.05, 0) is 67.4 Å². The van der Waals surface area contributed by atoms with E-state index in [-0.39, 0.29) is 0 Å². The highest BCUT2D eigenvalue weighted by molar-refractivity contribution is 8.00. The van der Waals surface area contributed by atoms with Crippen molar-refractivity contribution < 1.29 is 0 Å². The maximum absolute atomic E-state index is 4.65. The Labute approximate surface area is 206 Å². The van der Waals surface area contributed by atoms with Gasteiger partial charge in [-0.15, -0.1) is 16.9 Å². The number of tetrazole rings is 1. The van der Waals surface area contributed by atoms with Crippen molar-refractivity contribution >= 4 is 46.3 Å². The number of fused-ring (bicyclic) bond motifs is 1. The van der Waals surface area contributed by atoms with Gasteiger partial charge in [0.1, 0.15) is 0 Å². The van der Waals surface area contributed by atoms with Gasteiger partial charge in [0.25, 0.3) is 0 Å². The second kappa shape index (κ2) is 11.9. The van der Waals surface area contributed by atoms with Crippen molar-refractivity contribution in [2.24, 2.45) is 0 Å². The SMILES string of the molecule is Cc1c(SCCCSc2nnnn2CCN(C)C)ccnc1CSc1nc2ccccc2[nH]1. The Balaban J connectivity index is 1.24. The van der Waals surface area contributed by atoms with Gasteiger partial charge in [0.2, 0.25) is 5.16 Å². The Hall–Kier alpha value is -2.08. The van der Waals surface area contributed by atoms with Gasteiger partial charge in [-0.3, -0.25) is 4.98 Å². The van der Waals surface area contributed by atoms with E-state index < -0.39 is 0 Å². The molecule has 0 spiro atoms. The summed E-state index contributed by atoms with van der Waals surface area (Å²) in [5, 5.41) is 13.9. The molecular weight excluding hydrogens is 472 g/mol. The molecule has 8 nitrogen and oxygen atoms in total. The van der Waals surface area contributed by atoms with E-state index in [9.17, 15) is 0 Å². The molecule has 1 aromatic carbocycles. The summed E-state index contributed by atoms with van der Waals surface area (Å²) < 4.78 is 1.89. The van der Waals surface area contributed by atoms with E-state index in [1.807, 2.05) is 40.8 Å². The minimum atomic E-state index is 0.797. The van der Waals surface area contributed by atoms with Gasteiger partial charge < -0.3 is 9.88 Å². The third kappa shape index (κ3) is 6.72. The average Bonchev–Trinajstić information content (AvgIpc) is 3.43. The van der Waals surface area contributed by atoms with Gasteiger partial charge in [-0.1, -0.05) is 35.7 Å². The van der Waals surface area contributed by atoms with Crippen LogP contribution in [0.25, 0.3) is 11.0 Å². The van der Waals surface area contributed by atoms with Crippen LogP contribution in [0.15, 0.2) is 51.7 Å². The minimum Gasteiger partial charge on any atom is -0.333 e. The molecule has 0 fully saturated rings. The van der Waals surface area contributed by atoms with E-state index in [2.05, 4.69) is 68.5 Å². The highest BCUT2D eigenvalue weighted by Gasteiger charge is 2.10. The van der Waals surface area contributed by atoms with Crippen LogP contribution in [-0.4, -0.2) is 72.2 Å². The highest BCUT2D eigenvalue weighted by atomic mass is 32.2. The van der Waals surface area contributed by atoms with Crippen molar-refractivity contribution in [3.8, 4) is 0 Å². The standard InChI is InChI=1S/C22H28N8S3/c1-16-19(15-33-21-24-17-7-4-5-8-18(17)25-21)23-10-9-20(16)31-13-6-14-32-22-26-27-28-30(22)12-11-29(2)3/h4-5,7-10H,6,11-15H2,1-3H3,(H,24,25). The van der Waals surface area contributed by atoms with Crippen LogP contribution in [0.4, 0.5) is 0 Å². The van der Waals surface area contributed by atoms with Gasteiger partial charge in [-0.25, -0.2) is 9.67 Å². The van der Waals surface area contributed by atoms with Crippen LogP contribution in [-0.2, 0) is 12.3 Å². The number of imidazole rings is 1. The monoisotopic (exact) mass is 500 g/mol. The number of pyridine rings is 1. The second-order valence-electron chi connectivity index (χ2n) is 7.77. The molecule has 0 amide bonds. The number of H-pyrrole nitrogens is 1. The molecule has 33 heavy (non-hydrogen) atoms. The van der Waals surface area contributed by atoms with Crippen molar-refractivity contribution in [3.63, 3.8) is 0 Å². The lowest BCUT2D eigenvalue weighted by Crippen LogP contribution is -2.19. The molecule has 0 aliphatic rings. The summed E-state index contributed by atoms with van der Waals surface area (Å²) in [6.45, 7) is 3.90. The number of rotatable bonds is 12. The summed E-state index contributed by atoms with van der Waals surface area (Å²) in [5.41, 5.74) is 4.43. The molecular formula is C22H28N8S3. The fraction of sp³-hybridized carbons (Fsp3) is 0.409. The van der Waals surface area contributed by atoms with Crippen molar-refractivity contribution in [3.05, 3.63) is 47.8 Å². The van der Waals surface area contributed by atoms with Crippen LogP contribution in [0.2, 0.25) is 0 Å². The van der Waals surface area contributed by atoms with E-state index in [0.717, 1.165) is 63.8 Å². The molecule has 0 aliphatic carbocycles. The maximum Gasteiger partial charge on any atom is 0.209 e. The topological polar surface area (TPSA) is 88.4 Å². The van der Waals surface area contributed by atoms with Crippen LogP contribution in [0.5, 0.6) is 0 Å². The number of thioether (sulfide) groups is 3. The summed E-state index contributed by atoms with van der Waals surface area (Å²) in [5.74, 6) is 2.84. The molecule has 0 saturated carbocycles. The predicted molar refractivity (Wildman–Crippen MR) is 137 cm³/mol. The number of aromatic nitrogens is 7. The molecule has 3 heterocycles. The Morgan fingerprint density at radius 1 is 1.06 bits per heavy atom. The van der Waals surface area contributed by atoms with Gasteiger partial charge >= 0.3 is 0 Å². The maximum atomic E-state index is 4.65. The van der Waals surface area contributed by atoms with Crippen LogP contribution in [0, 0.1) is 6.92 Å². The van der Waals surface area contributed by atoms with E-state index in [4.69, 9.17) is 0 Å². The number of benzene rings is 1. The Morgan fingerprint density at radius 3 is 2.76 bits per heavy atom. The van der Waals surface area contributed by atoms with Gasteiger partial charge in [-0.2, -0.15) is 0 Å². The molecule has 3 aromatic heterocycles. The fourth-order valence-corrected chi connectivity index (χ4v) is 6.07. The van der Waals surface area contributed by atoms with Crippen LogP contribution in [0.3, 0.4) is 0 Å².